The van der Waals surface area contributed by atoms with Crippen LogP contribution in [0.4, 0.5) is 13.2 Å². The number of halogens is 4. The molecule has 0 bridgehead atoms. The molecule has 6 heteroatoms. The molecular weight excluding hydrogens is 249 g/mol. The van der Waals surface area contributed by atoms with Crippen molar-refractivity contribution in [3.63, 3.8) is 0 Å². The third kappa shape index (κ3) is 2.52. The summed E-state index contributed by atoms with van der Waals surface area (Å²) >= 11 is 7.04. The highest BCUT2D eigenvalue weighted by Crippen LogP contribution is 2.43. The number of benzene rings is 1. The maximum Gasteiger partial charge on any atom is 0.420 e. The van der Waals surface area contributed by atoms with Crippen LogP contribution in [-0.2, 0) is 6.18 Å². The first-order valence-electron chi connectivity index (χ1n) is 3.89. The highest BCUT2D eigenvalue weighted by molar-refractivity contribution is 7.98. The van der Waals surface area contributed by atoms with Gasteiger partial charge in [-0.1, -0.05) is 11.6 Å². The van der Waals surface area contributed by atoms with E-state index >= 15 is 0 Å². The van der Waals surface area contributed by atoms with Gasteiger partial charge in [0, 0.05) is 4.90 Å². The summed E-state index contributed by atoms with van der Waals surface area (Å²) in [4.78, 5) is 0.557. The smallest absolute Gasteiger partial charge is 0.420 e. The molecule has 0 saturated heterocycles. The van der Waals surface area contributed by atoms with Gasteiger partial charge in [0.05, 0.1) is 17.7 Å². The van der Waals surface area contributed by atoms with Crippen molar-refractivity contribution < 1.29 is 17.9 Å². The van der Waals surface area contributed by atoms with Crippen LogP contribution in [0.5, 0.6) is 5.75 Å². The first-order valence-corrected chi connectivity index (χ1v) is 5.49. The molecule has 0 radical (unpaired) electrons. The summed E-state index contributed by atoms with van der Waals surface area (Å²) in [6.45, 7) is 0. The Morgan fingerprint density at radius 1 is 1.33 bits per heavy atom. The lowest BCUT2D eigenvalue weighted by atomic mass is 10.2. The number of alkyl halides is 3. The van der Waals surface area contributed by atoms with Gasteiger partial charge in [-0.05, 0) is 18.4 Å². The summed E-state index contributed by atoms with van der Waals surface area (Å²) in [5.74, 6) is -0.323. The predicted octanol–water partition coefficient (Wildman–Crippen LogP) is 4.09. The summed E-state index contributed by atoms with van der Waals surface area (Å²) in [5.41, 5.74) is -0.854. The zero-order valence-corrected chi connectivity index (χ0v) is 9.56. The Kier molecular flexibility index (Phi) is 3.78. The lowest BCUT2D eigenvalue weighted by molar-refractivity contribution is -0.138. The van der Waals surface area contributed by atoms with Crippen molar-refractivity contribution in [2.24, 2.45) is 0 Å². The second-order valence-electron chi connectivity index (χ2n) is 2.66. The van der Waals surface area contributed by atoms with E-state index in [1.807, 2.05) is 0 Å². The molecule has 0 heterocycles. The normalized spacial score (nSPS) is 11.6. The van der Waals surface area contributed by atoms with E-state index in [1.54, 1.807) is 6.26 Å². The van der Waals surface area contributed by atoms with Crippen molar-refractivity contribution in [2.75, 3.05) is 13.4 Å². The van der Waals surface area contributed by atoms with Gasteiger partial charge in [0.2, 0.25) is 0 Å². The molecule has 0 amide bonds. The van der Waals surface area contributed by atoms with Crippen LogP contribution in [-0.4, -0.2) is 13.4 Å². The predicted molar refractivity (Wildman–Crippen MR) is 54.8 cm³/mol. The fourth-order valence-electron chi connectivity index (χ4n) is 1.12. The fraction of sp³-hybridized carbons (Fsp3) is 0.333. The molecule has 0 aliphatic rings. The van der Waals surface area contributed by atoms with Gasteiger partial charge in [0.25, 0.3) is 0 Å². The van der Waals surface area contributed by atoms with Gasteiger partial charge in [-0.3, -0.25) is 0 Å². The highest BCUT2D eigenvalue weighted by Gasteiger charge is 2.35. The van der Waals surface area contributed by atoms with Crippen molar-refractivity contribution in [3.05, 3.63) is 22.7 Å². The van der Waals surface area contributed by atoms with Crippen LogP contribution in [0.15, 0.2) is 17.0 Å². The Morgan fingerprint density at radius 2 is 1.93 bits per heavy atom. The van der Waals surface area contributed by atoms with Gasteiger partial charge in [-0.15, -0.1) is 11.8 Å². The maximum atomic E-state index is 12.5. The summed E-state index contributed by atoms with van der Waals surface area (Å²) in [6, 6.07) is 2.30. The van der Waals surface area contributed by atoms with Crippen LogP contribution in [0.3, 0.4) is 0 Å². The van der Waals surface area contributed by atoms with E-state index < -0.39 is 11.7 Å². The Labute approximate surface area is 94.6 Å². The van der Waals surface area contributed by atoms with E-state index in [4.69, 9.17) is 11.6 Å². The number of methoxy groups -OCH3 is 1. The summed E-state index contributed by atoms with van der Waals surface area (Å²) in [7, 11) is 1.17. The quantitative estimate of drug-likeness (QED) is 0.737. The number of rotatable bonds is 2. The molecule has 0 atom stereocenters. The molecule has 1 aromatic rings. The number of ether oxygens (including phenoxy) is 1. The second-order valence-corrected chi connectivity index (χ2v) is 3.89. The van der Waals surface area contributed by atoms with Crippen molar-refractivity contribution in [3.8, 4) is 5.75 Å². The molecule has 1 nitrogen and oxygen atoms in total. The molecule has 15 heavy (non-hydrogen) atoms. The van der Waals surface area contributed by atoms with E-state index in [-0.39, 0.29) is 10.8 Å². The van der Waals surface area contributed by atoms with Crippen molar-refractivity contribution in [1.29, 1.82) is 0 Å². The molecule has 84 valence electrons. The number of hydrogen-bond acceptors (Lipinski definition) is 2. The van der Waals surface area contributed by atoms with E-state index in [1.165, 1.54) is 24.9 Å². The van der Waals surface area contributed by atoms with E-state index in [0.29, 0.717) is 4.90 Å². The van der Waals surface area contributed by atoms with Crippen molar-refractivity contribution in [2.45, 2.75) is 11.1 Å². The standard InChI is InChI=1S/C9H8ClF3OS/c1-14-8-5(9(11,12)13)3-4-6(15-2)7(8)10/h3-4H,1-2H3. The second kappa shape index (κ2) is 4.53. The molecule has 0 aliphatic heterocycles. The number of thioether (sulfide) groups is 1. The fourth-order valence-corrected chi connectivity index (χ4v) is 2.07. The third-order valence-electron chi connectivity index (χ3n) is 1.79. The number of hydrogen-bond donors (Lipinski definition) is 0. The first kappa shape index (κ1) is 12.5. The van der Waals surface area contributed by atoms with Gasteiger partial charge < -0.3 is 4.74 Å². The molecule has 0 fully saturated rings. The van der Waals surface area contributed by atoms with Crippen LogP contribution >= 0.6 is 23.4 Å². The lowest BCUT2D eigenvalue weighted by Gasteiger charge is -2.14. The monoisotopic (exact) mass is 256 g/mol. The molecule has 0 unspecified atom stereocenters. The summed E-state index contributed by atoms with van der Waals surface area (Å²) in [5, 5.41) is -0.000162. The van der Waals surface area contributed by atoms with E-state index in [9.17, 15) is 13.2 Å². The van der Waals surface area contributed by atoms with Gasteiger partial charge in [0.1, 0.15) is 0 Å². The Bertz CT molecular complexity index is 365. The van der Waals surface area contributed by atoms with Crippen LogP contribution < -0.4 is 4.74 Å². The molecular formula is C9H8ClF3OS. The Balaban J connectivity index is 3.38. The minimum atomic E-state index is -4.45. The maximum absolute atomic E-state index is 12.5. The molecule has 1 aromatic carbocycles. The zero-order valence-electron chi connectivity index (χ0n) is 7.98. The van der Waals surface area contributed by atoms with Crippen LogP contribution in [0.25, 0.3) is 0 Å². The van der Waals surface area contributed by atoms with Gasteiger partial charge >= 0.3 is 6.18 Å². The molecule has 0 saturated carbocycles. The van der Waals surface area contributed by atoms with E-state index in [2.05, 4.69) is 4.74 Å². The van der Waals surface area contributed by atoms with Crippen LogP contribution in [0.1, 0.15) is 5.56 Å². The molecule has 0 N–H and O–H groups in total. The molecule has 0 aliphatic carbocycles. The van der Waals surface area contributed by atoms with Gasteiger partial charge in [0.15, 0.2) is 5.75 Å². The largest absolute Gasteiger partial charge is 0.495 e. The Morgan fingerprint density at radius 3 is 2.33 bits per heavy atom. The summed E-state index contributed by atoms with van der Waals surface area (Å²) < 4.78 is 42.2. The van der Waals surface area contributed by atoms with Gasteiger partial charge in [-0.25, -0.2) is 0 Å². The molecule has 0 spiro atoms. The third-order valence-corrected chi connectivity index (χ3v) is 3.06. The minimum absolute atomic E-state index is 0.000162. The van der Waals surface area contributed by atoms with Gasteiger partial charge in [-0.2, -0.15) is 13.2 Å². The average Bonchev–Trinajstić information content (AvgIpc) is 2.15. The SMILES string of the molecule is COc1c(C(F)(F)F)ccc(SC)c1Cl. The first-order chi connectivity index (χ1) is 6.91. The van der Waals surface area contributed by atoms with Crippen molar-refractivity contribution in [1.82, 2.24) is 0 Å². The highest BCUT2D eigenvalue weighted by atomic mass is 35.5. The molecule has 1 rings (SSSR count). The van der Waals surface area contributed by atoms with E-state index in [0.717, 1.165) is 6.07 Å². The topological polar surface area (TPSA) is 9.23 Å². The summed E-state index contributed by atoms with van der Waals surface area (Å²) in [6.07, 6.45) is -2.72. The molecule has 0 aromatic heterocycles. The average molecular weight is 257 g/mol. The Hall–Kier alpha value is -0.550. The lowest BCUT2D eigenvalue weighted by Crippen LogP contribution is -2.07. The van der Waals surface area contributed by atoms with Crippen LogP contribution in [0.2, 0.25) is 5.02 Å². The minimum Gasteiger partial charge on any atom is -0.495 e. The van der Waals surface area contributed by atoms with Crippen molar-refractivity contribution >= 4 is 23.4 Å². The zero-order chi connectivity index (χ0) is 11.6. The van der Waals surface area contributed by atoms with Crippen LogP contribution in [0, 0.1) is 0 Å².